The molecule has 1 aliphatic rings. The van der Waals surface area contributed by atoms with Gasteiger partial charge in [-0.25, -0.2) is 0 Å². The van der Waals surface area contributed by atoms with E-state index >= 15 is 0 Å². The lowest BCUT2D eigenvalue weighted by Crippen LogP contribution is -2.48. The highest BCUT2D eigenvalue weighted by Crippen LogP contribution is 2.32. The molecular weight excluding hydrogens is 366 g/mol. The van der Waals surface area contributed by atoms with Gasteiger partial charge in [-0.15, -0.1) is 0 Å². The third kappa shape index (κ3) is 2.69. The smallest absolute Gasteiger partial charge is 0.289 e. The summed E-state index contributed by atoms with van der Waals surface area (Å²) < 4.78 is 16.4. The van der Waals surface area contributed by atoms with E-state index in [0.29, 0.717) is 41.9 Å². The largest absolute Gasteiger partial charge is 0.493 e. The zero-order valence-corrected chi connectivity index (χ0v) is 15.2. The molecule has 1 amide bonds. The molecule has 0 spiro atoms. The number of thiophene rings is 1. The zero-order chi connectivity index (χ0) is 18.4. The second-order valence-electron chi connectivity index (χ2n) is 6.36. The molecule has 7 nitrogen and oxygen atoms in total. The molecule has 27 heavy (non-hydrogen) atoms. The Morgan fingerprint density at radius 1 is 1.33 bits per heavy atom. The van der Waals surface area contributed by atoms with E-state index in [4.69, 9.17) is 13.7 Å². The van der Waals surface area contributed by atoms with Crippen molar-refractivity contribution in [1.82, 2.24) is 15.0 Å². The zero-order valence-electron chi connectivity index (χ0n) is 14.4. The number of carbonyl (C=O) groups is 1. The highest BCUT2D eigenvalue weighted by molar-refractivity contribution is 7.08. The lowest BCUT2D eigenvalue weighted by Gasteiger charge is -2.36. The van der Waals surface area contributed by atoms with Crippen molar-refractivity contribution in [2.75, 3.05) is 20.2 Å². The minimum Gasteiger partial charge on any atom is -0.493 e. The van der Waals surface area contributed by atoms with Crippen LogP contribution in [0.1, 0.15) is 22.4 Å². The first-order valence-electron chi connectivity index (χ1n) is 8.45. The number of para-hydroxylation sites is 1. The van der Waals surface area contributed by atoms with Gasteiger partial charge in [-0.1, -0.05) is 17.3 Å². The van der Waals surface area contributed by atoms with E-state index in [1.54, 1.807) is 35.5 Å². The van der Waals surface area contributed by atoms with Crippen LogP contribution in [0.3, 0.4) is 0 Å². The maximum Gasteiger partial charge on any atom is 0.289 e. The van der Waals surface area contributed by atoms with Gasteiger partial charge in [-0.3, -0.25) is 4.79 Å². The van der Waals surface area contributed by atoms with Crippen LogP contribution in [0.5, 0.6) is 5.75 Å². The van der Waals surface area contributed by atoms with Crippen LogP contribution in [0, 0.1) is 0 Å². The van der Waals surface area contributed by atoms with Crippen molar-refractivity contribution in [3.8, 4) is 17.1 Å². The number of benzene rings is 1. The summed E-state index contributed by atoms with van der Waals surface area (Å²) in [6.45, 7) is 1.05. The van der Waals surface area contributed by atoms with Crippen molar-refractivity contribution >= 4 is 28.2 Å². The molecule has 5 rings (SSSR count). The summed E-state index contributed by atoms with van der Waals surface area (Å²) in [5.74, 6) is 1.96. The van der Waals surface area contributed by atoms with Gasteiger partial charge >= 0.3 is 0 Å². The third-order valence-electron chi connectivity index (χ3n) is 4.68. The average molecular weight is 381 g/mol. The number of hydrogen-bond acceptors (Lipinski definition) is 7. The van der Waals surface area contributed by atoms with Gasteiger partial charge < -0.3 is 18.6 Å². The molecule has 0 atom stereocenters. The first-order chi connectivity index (χ1) is 13.2. The summed E-state index contributed by atoms with van der Waals surface area (Å²) in [6, 6.07) is 9.26. The van der Waals surface area contributed by atoms with E-state index in [9.17, 15) is 4.79 Å². The lowest BCUT2D eigenvalue weighted by molar-refractivity contribution is 0.0539. The predicted octanol–water partition coefficient (Wildman–Crippen LogP) is 3.79. The molecular formula is C19H15N3O4S. The number of carbonyl (C=O) groups excluding carboxylic acids is 1. The number of fused-ring (bicyclic) bond motifs is 1. The fourth-order valence-electron chi connectivity index (χ4n) is 3.17. The number of rotatable bonds is 4. The predicted molar refractivity (Wildman–Crippen MR) is 99.0 cm³/mol. The van der Waals surface area contributed by atoms with Crippen molar-refractivity contribution < 1.29 is 18.5 Å². The van der Waals surface area contributed by atoms with Crippen molar-refractivity contribution in [3.63, 3.8) is 0 Å². The molecule has 0 aliphatic carbocycles. The lowest BCUT2D eigenvalue weighted by atomic mass is 10.00. The van der Waals surface area contributed by atoms with Crippen LogP contribution in [0.2, 0.25) is 0 Å². The molecule has 136 valence electrons. The summed E-state index contributed by atoms with van der Waals surface area (Å²) in [5, 5.41) is 8.81. The van der Waals surface area contributed by atoms with E-state index in [1.807, 2.05) is 29.0 Å². The quantitative estimate of drug-likeness (QED) is 0.535. The van der Waals surface area contributed by atoms with Crippen LogP contribution in [-0.4, -0.2) is 41.1 Å². The first-order valence-corrected chi connectivity index (χ1v) is 9.39. The Balaban J connectivity index is 1.30. The van der Waals surface area contributed by atoms with Gasteiger partial charge in [0.1, 0.15) is 0 Å². The fraction of sp³-hybridized carbons (Fsp3) is 0.211. The maximum atomic E-state index is 12.7. The van der Waals surface area contributed by atoms with Crippen LogP contribution in [0.25, 0.3) is 22.4 Å². The first kappa shape index (κ1) is 16.1. The van der Waals surface area contributed by atoms with Crippen LogP contribution < -0.4 is 4.74 Å². The fourth-order valence-corrected chi connectivity index (χ4v) is 3.80. The Labute approximate surface area is 158 Å². The number of furan rings is 1. The number of hydrogen-bond donors (Lipinski definition) is 0. The van der Waals surface area contributed by atoms with Gasteiger partial charge in [0, 0.05) is 29.4 Å². The molecule has 0 saturated carbocycles. The Bertz CT molecular complexity index is 1110. The Hall–Kier alpha value is -3.13. The van der Waals surface area contributed by atoms with Gasteiger partial charge in [-0.05, 0) is 23.6 Å². The molecule has 1 aromatic carbocycles. The van der Waals surface area contributed by atoms with Gasteiger partial charge in [-0.2, -0.15) is 16.3 Å². The highest BCUT2D eigenvalue weighted by Gasteiger charge is 2.37. The molecule has 0 bridgehead atoms. The van der Waals surface area contributed by atoms with Crippen molar-refractivity contribution in [2.24, 2.45) is 0 Å². The number of ether oxygens (including phenoxy) is 1. The van der Waals surface area contributed by atoms with Crippen LogP contribution in [0.15, 0.2) is 50.0 Å². The van der Waals surface area contributed by atoms with E-state index < -0.39 is 0 Å². The van der Waals surface area contributed by atoms with Crippen LogP contribution in [0.4, 0.5) is 0 Å². The van der Waals surface area contributed by atoms with Gasteiger partial charge in [0.25, 0.3) is 5.91 Å². The number of aromatic nitrogens is 2. The highest BCUT2D eigenvalue weighted by atomic mass is 32.1. The molecule has 1 fully saturated rings. The second kappa shape index (κ2) is 6.24. The van der Waals surface area contributed by atoms with Crippen molar-refractivity contribution in [3.05, 3.63) is 52.7 Å². The Kier molecular flexibility index (Phi) is 3.71. The van der Waals surface area contributed by atoms with Crippen LogP contribution in [-0.2, 0) is 0 Å². The molecule has 4 heterocycles. The summed E-state index contributed by atoms with van der Waals surface area (Å²) in [5.41, 5.74) is 1.52. The van der Waals surface area contributed by atoms with E-state index in [1.165, 1.54) is 0 Å². The number of likely N-dealkylation sites (tertiary alicyclic amines) is 1. The number of amides is 1. The molecule has 3 aromatic heterocycles. The summed E-state index contributed by atoms with van der Waals surface area (Å²) in [6.07, 6.45) is 0. The summed E-state index contributed by atoms with van der Waals surface area (Å²) in [4.78, 5) is 18.9. The van der Waals surface area contributed by atoms with Crippen molar-refractivity contribution in [1.29, 1.82) is 0 Å². The van der Waals surface area contributed by atoms with Gasteiger partial charge in [0.15, 0.2) is 17.1 Å². The second-order valence-corrected chi connectivity index (χ2v) is 7.14. The van der Waals surface area contributed by atoms with E-state index in [2.05, 4.69) is 10.1 Å². The minimum absolute atomic E-state index is 0.0488. The Morgan fingerprint density at radius 2 is 2.22 bits per heavy atom. The molecule has 8 heteroatoms. The van der Waals surface area contributed by atoms with Crippen molar-refractivity contribution in [2.45, 2.75) is 5.92 Å². The molecule has 4 aromatic rings. The van der Waals surface area contributed by atoms with Gasteiger partial charge in [0.2, 0.25) is 11.7 Å². The molecule has 0 N–H and O–H groups in total. The maximum absolute atomic E-state index is 12.7. The third-order valence-corrected chi connectivity index (χ3v) is 5.36. The molecule has 1 saturated heterocycles. The molecule has 1 aliphatic heterocycles. The SMILES string of the molecule is COc1cccc2cc(C(=O)N3CC(c4nc(-c5ccsc5)no4)C3)oc12. The summed E-state index contributed by atoms with van der Waals surface area (Å²) in [7, 11) is 1.58. The molecule has 0 radical (unpaired) electrons. The van der Waals surface area contributed by atoms with Crippen LogP contribution >= 0.6 is 11.3 Å². The monoisotopic (exact) mass is 381 g/mol. The summed E-state index contributed by atoms with van der Waals surface area (Å²) >= 11 is 1.58. The van der Waals surface area contributed by atoms with Gasteiger partial charge in [0.05, 0.1) is 13.0 Å². The standard InChI is InChI=1S/C19H15N3O4S/c1-24-14-4-2-3-11-7-15(25-16(11)14)19(23)22-8-13(9-22)18-20-17(21-26-18)12-5-6-27-10-12/h2-7,10,13H,8-9H2,1H3. The number of nitrogens with zero attached hydrogens (tertiary/aromatic N) is 3. The topological polar surface area (TPSA) is 81.6 Å². The Morgan fingerprint density at radius 3 is 3.00 bits per heavy atom. The number of methoxy groups -OCH3 is 1. The normalized spacial score (nSPS) is 14.5. The minimum atomic E-state index is -0.151. The van der Waals surface area contributed by atoms with E-state index in [0.717, 1.165) is 10.9 Å². The molecule has 0 unspecified atom stereocenters. The average Bonchev–Trinajstić information content (AvgIpc) is 3.38. The van der Waals surface area contributed by atoms with E-state index in [-0.39, 0.29) is 11.8 Å².